The molecule has 0 unspecified atom stereocenters. The van der Waals surface area contributed by atoms with E-state index in [1.54, 1.807) is 12.3 Å². The zero-order valence-electron chi connectivity index (χ0n) is 23.0. The van der Waals surface area contributed by atoms with Crippen LogP contribution in [-0.4, -0.2) is 53.5 Å². The second-order valence-corrected chi connectivity index (χ2v) is 12.6. The standard InChI is InChI=1S/C29H38O9/c1-16-28(33)10-9-26(5)24(18-8-11-35-15-18)37-23(32)14-29(16,26)38-21-13-20(36-17(2)30)25(3,4)19(27(21,28)6)12-22(31)34-7/h8,11,15,19-21,24,33H,1,9-10,12-14H2,2-7H3/t19-,20+,21-,24-,26-,27+,28+,29+/m0/s1. The smallest absolute Gasteiger partial charge is 0.309 e. The number of carbonyl (C=O) groups excluding carboxylic acids is 3. The Morgan fingerprint density at radius 2 is 1.92 bits per heavy atom. The Morgan fingerprint density at radius 1 is 1.21 bits per heavy atom. The minimum absolute atomic E-state index is 0.00281. The molecule has 2 saturated heterocycles. The Labute approximate surface area is 222 Å². The molecular weight excluding hydrogens is 492 g/mol. The topological polar surface area (TPSA) is 122 Å². The summed E-state index contributed by atoms with van der Waals surface area (Å²) in [7, 11) is 1.33. The van der Waals surface area contributed by atoms with E-state index in [-0.39, 0.29) is 12.8 Å². The van der Waals surface area contributed by atoms with Gasteiger partial charge in [-0.15, -0.1) is 0 Å². The van der Waals surface area contributed by atoms with E-state index in [0.717, 1.165) is 0 Å². The highest BCUT2D eigenvalue weighted by molar-refractivity contribution is 5.75. The highest BCUT2D eigenvalue weighted by Crippen LogP contribution is 2.73. The van der Waals surface area contributed by atoms with Gasteiger partial charge in [0.05, 0.1) is 37.8 Å². The molecule has 38 heavy (non-hydrogen) atoms. The predicted octanol–water partition coefficient (Wildman–Crippen LogP) is 4.04. The molecule has 5 rings (SSSR count). The average Bonchev–Trinajstić information content (AvgIpc) is 3.37. The number of cyclic esters (lactones) is 1. The Morgan fingerprint density at radius 3 is 2.53 bits per heavy atom. The molecule has 208 valence electrons. The molecular formula is C29H38O9. The van der Waals surface area contributed by atoms with E-state index in [9.17, 15) is 19.5 Å². The van der Waals surface area contributed by atoms with Gasteiger partial charge in [-0.25, -0.2) is 0 Å². The molecule has 4 aliphatic rings. The second-order valence-electron chi connectivity index (χ2n) is 12.6. The molecule has 0 radical (unpaired) electrons. The first kappa shape index (κ1) is 26.9. The number of hydrogen-bond donors (Lipinski definition) is 1. The summed E-state index contributed by atoms with van der Waals surface area (Å²) in [5.74, 6) is -1.81. The summed E-state index contributed by atoms with van der Waals surface area (Å²) < 4.78 is 29.1. The van der Waals surface area contributed by atoms with Crippen LogP contribution in [0.2, 0.25) is 0 Å². The van der Waals surface area contributed by atoms with Crippen molar-refractivity contribution < 1.29 is 42.9 Å². The molecule has 9 heteroatoms. The number of esters is 3. The van der Waals surface area contributed by atoms with Crippen LogP contribution in [0.3, 0.4) is 0 Å². The number of aliphatic hydroxyl groups is 1. The maximum atomic E-state index is 13.1. The van der Waals surface area contributed by atoms with Crippen molar-refractivity contribution in [2.75, 3.05) is 7.11 Å². The minimum Gasteiger partial charge on any atom is -0.472 e. The first-order valence-corrected chi connectivity index (χ1v) is 13.2. The maximum Gasteiger partial charge on any atom is 0.309 e. The monoisotopic (exact) mass is 530 g/mol. The van der Waals surface area contributed by atoms with E-state index in [0.29, 0.717) is 30.4 Å². The number of furan rings is 1. The van der Waals surface area contributed by atoms with Crippen LogP contribution in [0.25, 0.3) is 0 Å². The quantitative estimate of drug-likeness (QED) is 0.349. The summed E-state index contributed by atoms with van der Waals surface area (Å²) in [6.07, 6.45) is 2.18. The molecule has 1 spiro atoms. The normalized spacial score (nSPS) is 43.3. The van der Waals surface area contributed by atoms with Crippen molar-refractivity contribution in [2.45, 2.75) is 96.2 Å². The Hall–Kier alpha value is -2.65. The van der Waals surface area contributed by atoms with Crippen molar-refractivity contribution in [3.05, 3.63) is 36.3 Å². The van der Waals surface area contributed by atoms with Gasteiger partial charge >= 0.3 is 17.9 Å². The summed E-state index contributed by atoms with van der Waals surface area (Å²) in [5, 5.41) is 12.7. The Kier molecular flexibility index (Phi) is 5.97. The third-order valence-corrected chi connectivity index (χ3v) is 10.7. The average molecular weight is 531 g/mol. The third-order valence-electron chi connectivity index (χ3n) is 10.7. The van der Waals surface area contributed by atoms with Gasteiger partial charge in [0.15, 0.2) is 0 Å². The van der Waals surface area contributed by atoms with Crippen molar-refractivity contribution in [1.82, 2.24) is 0 Å². The fourth-order valence-corrected chi connectivity index (χ4v) is 8.39. The molecule has 3 heterocycles. The zero-order chi connectivity index (χ0) is 27.9. The molecule has 9 nitrogen and oxygen atoms in total. The third kappa shape index (κ3) is 3.27. The van der Waals surface area contributed by atoms with Crippen LogP contribution in [0, 0.1) is 22.2 Å². The Balaban J connectivity index is 1.68. The molecule has 1 aromatic rings. The fraction of sp³-hybridized carbons (Fsp3) is 0.690. The largest absolute Gasteiger partial charge is 0.472 e. The molecule has 2 bridgehead atoms. The fourth-order valence-electron chi connectivity index (χ4n) is 8.39. The second kappa shape index (κ2) is 8.42. The van der Waals surface area contributed by atoms with Crippen molar-refractivity contribution in [1.29, 1.82) is 0 Å². The van der Waals surface area contributed by atoms with Gasteiger partial charge in [-0.1, -0.05) is 34.3 Å². The summed E-state index contributed by atoms with van der Waals surface area (Å²) in [6.45, 7) is 13.6. The van der Waals surface area contributed by atoms with Crippen LogP contribution < -0.4 is 0 Å². The molecule has 0 amide bonds. The molecule has 2 aliphatic carbocycles. The molecule has 8 atom stereocenters. The lowest BCUT2D eigenvalue weighted by Gasteiger charge is -2.73. The first-order chi connectivity index (χ1) is 17.7. The lowest BCUT2D eigenvalue weighted by Crippen LogP contribution is -2.79. The maximum absolute atomic E-state index is 13.1. The molecule has 2 saturated carbocycles. The number of ether oxygens (including phenoxy) is 4. The first-order valence-electron chi connectivity index (χ1n) is 13.2. The molecule has 0 aromatic carbocycles. The zero-order valence-corrected chi connectivity index (χ0v) is 23.0. The van der Waals surface area contributed by atoms with E-state index in [2.05, 4.69) is 6.58 Å². The van der Waals surface area contributed by atoms with Crippen LogP contribution >= 0.6 is 0 Å². The van der Waals surface area contributed by atoms with E-state index < -0.39 is 69.6 Å². The van der Waals surface area contributed by atoms with Crippen molar-refractivity contribution in [3.8, 4) is 0 Å². The van der Waals surface area contributed by atoms with Crippen LogP contribution in [0.5, 0.6) is 0 Å². The highest BCUT2D eigenvalue weighted by Gasteiger charge is 2.78. The number of carbonyl (C=O) groups is 3. The van der Waals surface area contributed by atoms with Gasteiger partial charge in [0.1, 0.15) is 17.8 Å². The number of hydrogen-bond acceptors (Lipinski definition) is 9. The summed E-state index contributed by atoms with van der Waals surface area (Å²) in [6, 6.07) is 1.77. The summed E-state index contributed by atoms with van der Waals surface area (Å²) in [5.41, 5.74) is -4.01. The van der Waals surface area contributed by atoms with Crippen molar-refractivity contribution >= 4 is 17.9 Å². The van der Waals surface area contributed by atoms with E-state index in [1.165, 1.54) is 20.3 Å². The summed E-state index contributed by atoms with van der Waals surface area (Å²) >= 11 is 0. The van der Waals surface area contributed by atoms with E-state index in [1.807, 2.05) is 27.7 Å². The van der Waals surface area contributed by atoms with Gasteiger partial charge in [-0.05, 0) is 30.4 Å². The van der Waals surface area contributed by atoms with Gasteiger partial charge in [-0.2, -0.15) is 0 Å². The SMILES string of the molecule is C=C1[C@]2(O)CC[C@@]3(C)[C@H](c4ccoc4)OC(=O)C[C@@]13O[C@H]1C[C@@H](OC(C)=O)C(C)(C)[C@H](CC(=O)OC)[C@]12C. The number of methoxy groups -OCH3 is 1. The van der Waals surface area contributed by atoms with Crippen LogP contribution in [0.15, 0.2) is 35.2 Å². The molecule has 1 aromatic heterocycles. The summed E-state index contributed by atoms with van der Waals surface area (Å²) in [4.78, 5) is 38.0. The number of rotatable bonds is 4. The van der Waals surface area contributed by atoms with E-state index in [4.69, 9.17) is 23.4 Å². The van der Waals surface area contributed by atoms with Gasteiger partial charge in [0.25, 0.3) is 0 Å². The van der Waals surface area contributed by atoms with Crippen LogP contribution in [-0.2, 0) is 33.3 Å². The van der Waals surface area contributed by atoms with Gasteiger partial charge in [-0.3, -0.25) is 14.4 Å². The predicted molar refractivity (Wildman–Crippen MR) is 133 cm³/mol. The lowest BCUT2D eigenvalue weighted by atomic mass is 9.39. The van der Waals surface area contributed by atoms with E-state index >= 15 is 0 Å². The minimum atomic E-state index is -1.47. The molecule has 2 aliphatic heterocycles. The molecule has 1 N–H and O–H groups in total. The number of fused-ring (bicyclic) bond motifs is 3. The van der Waals surface area contributed by atoms with Gasteiger partial charge < -0.3 is 28.5 Å². The van der Waals surface area contributed by atoms with Gasteiger partial charge in [0, 0.05) is 41.6 Å². The highest BCUT2D eigenvalue weighted by atomic mass is 16.6. The van der Waals surface area contributed by atoms with Gasteiger partial charge in [0.2, 0.25) is 0 Å². The van der Waals surface area contributed by atoms with Crippen molar-refractivity contribution in [3.63, 3.8) is 0 Å². The Bertz CT molecular complexity index is 1170. The van der Waals surface area contributed by atoms with Crippen LogP contribution in [0.4, 0.5) is 0 Å². The molecule has 4 fully saturated rings. The van der Waals surface area contributed by atoms with Crippen LogP contribution in [0.1, 0.15) is 78.4 Å². The lowest BCUT2D eigenvalue weighted by molar-refractivity contribution is -0.347. The van der Waals surface area contributed by atoms with Crippen molar-refractivity contribution in [2.24, 2.45) is 22.2 Å².